The maximum Gasteiger partial charge on any atom is 0.244 e. The number of nitrogens with one attached hydrogen (secondary N) is 1. The van der Waals surface area contributed by atoms with Crippen LogP contribution in [0.2, 0.25) is 0 Å². The first-order valence-electron chi connectivity index (χ1n) is 7.21. The van der Waals surface area contributed by atoms with Crippen molar-refractivity contribution in [1.29, 1.82) is 0 Å². The molecule has 1 aliphatic heterocycles. The van der Waals surface area contributed by atoms with Crippen molar-refractivity contribution >= 4 is 5.91 Å². The molecule has 3 heteroatoms. The van der Waals surface area contributed by atoms with Crippen LogP contribution in [0.3, 0.4) is 0 Å². The third-order valence-corrected chi connectivity index (χ3v) is 4.99. The molecular weight excluding hydrogens is 212 g/mol. The third kappa shape index (κ3) is 1.88. The van der Waals surface area contributed by atoms with E-state index < -0.39 is 0 Å². The summed E-state index contributed by atoms with van der Waals surface area (Å²) in [5.74, 6) is 1.95. The van der Waals surface area contributed by atoms with Crippen LogP contribution in [0.25, 0.3) is 0 Å². The Hall–Kier alpha value is -0.570. The Balaban J connectivity index is 1.69. The zero-order valence-corrected chi connectivity index (χ0v) is 11.0. The van der Waals surface area contributed by atoms with E-state index in [1.165, 1.54) is 25.7 Å². The second-order valence-electron chi connectivity index (χ2n) is 6.38. The zero-order valence-electron chi connectivity index (χ0n) is 11.0. The number of carbonyl (C=O) groups is 1. The highest BCUT2D eigenvalue weighted by Crippen LogP contribution is 2.40. The fourth-order valence-corrected chi connectivity index (χ4v) is 3.69. The fraction of sp³-hybridized carbons (Fsp3) is 0.929. The van der Waals surface area contributed by atoms with Gasteiger partial charge in [0.25, 0.3) is 0 Å². The van der Waals surface area contributed by atoms with E-state index in [0.29, 0.717) is 11.8 Å². The molecular formula is C14H24N2O. The molecule has 3 rings (SSSR count). The Bertz CT molecular complexity index is 318. The Labute approximate surface area is 104 Å². The average Bonchev–Trinajstić information content (AvgIpc) is 3.01. The van der Waals surface area contributed by atoms with Crippen LogP contribution in [0.1, 0.15) is 52.4 Å². The van der Waals surface area contributed by atoms with Crippen LogP contribution in [0, 0.1) is 11.8 Å². The van der Waals surface area contributed by atoms with Gasteiger partial charge in [0.1, 0.15) is 0 Å². The molecule has 1 saturated heterocycles. The lowest BCUT2D eigenvalue weighted by Crippen LogP contribution is -2.44. The molecule has 17 heavy (non-hydrogen) atoms. The highest BCUT2D eigenvalue weighted by atomic mass is 16.2. The van der Waals surface area contributed by atoms with Crippen LogP contribution in [0.15, 0.2) is 0 Å². The monoisotopic (exact) mass is 236 g/mol. The Morgan fingerprint density at radius 2 is 2.06 bits per heavy atom. The van der Waals surface area contributed by atoms with Gasteiger partial charge in [0.2, 0.25) is 5.91 Å². The van der Waals surface area contributed by atoms with E-state index in [-0.39, 0.29) is 11.7 Å². The van der Waals surface area contributed by atoms with Crippen molar-refractivity contribution in [3.8, 4) is 0 Å². The molecule has 96 valence electrons. The summed E-state index contributed by atoms with van der Waals surface area (Å²) in [5.41, 5.74) is -0.178. The number of nitrogens with zero attached hydrogens (tertiary/aromatic N) is 1. The van der Waals surface area contributed by atoms with Crippen LogP contribution < -0.4 is 5.32 Å². The van der Waals surface area contributed by atoms with Gasteiger partial charge in [-0.05, 0) is 44.4 Å². The first-order valence-corrected chi connectivity index (χ1v) is 7.21. The van der Waals surface area contributed by atoms with Crippen LogP contribution in [0.4, 0.5) is 0 Å². The molecule has 1 spiro atoms. The Kier molecular flexibility index (Phi) is 2.69. The van der Waals surface area contributed by atoms with Gasteiger partial charge >= 0.3 is 0 Å². The largest absolute Gasteiger partial charge is 0.326 e. The van der Waals surface area contributed by atoms with Gasteiger partial charge in [-0.1, -0.05) is 19.8 Å². The molecule has 0 bridgehead atoms. The molecule has 3 nitrogen and oxygen atoms in total. The molecule has 0 aromatic rings. The standard InChI is InChI=1S/C14H24N2O/c1-10(12-5-6-12)9-16-11(2)15-14(13(16)17)7-3-4-8-14/h10-12,15H,3-9H2,1-2H3. The second kappa shape index (κ2) is 3.98. The predicted molar refractivity (Wildman–Crippen MR) is 67.4 cm³/mol. The van der Waals surface area contributed by atoms with Crippen molar-refractivity contribution < 1.29 is 4.79 Å². The van der Waals surface area contributed by atoms with Gasteiger partial charge in [-0.2, -0.15) is 0 Å². The molecule has 3 aliphatic rings. The summed E-state index contributed by atoms with van der Waals surface area (Å²) in [5, 5.41) is 3.57. The van der Waals surface area contributed by atoms with E-state index in [9.17, 15) is 4.79 Å². The van der Waals surface area contributed by atoms with Crippen molar-refractivity contribution in [3.05, 3.63) is 0 Å². The molecule has 1 N–H and O–H groups in total. The van der Waals surface area contributed by atoms with Crippen molar-refractivity contribution in [2.75, 3.05) is 6.54 Å². The molecule has 3 fully saturated rings. The first kappa shape index (κ1) is 11.5. The molecule has 1 amide bonds. The lowest BCUT2D eigenvalue weighted by molar-refractivity contribution is -0.133. The van der Waals surface area contributed by atoms with Gasteiger partial charge in [-0.3, -0.25) is 10.1 Å². The van der Waals surface area contributed by atoms with Crippen LogP contribution in [0.5, 0.6) is 0 Å². The van der Waals surface area contributed by atoms with Gasteiger partial charge in [-0.15, -0.1) is 0 Å². The van der Waals surface area contributed by atoms with E-state index in [2.05, 4.69) is 24.1 Å². The third-order valence-electron chi connectivity index (χ3n) is 4.99. The number of rotatable bonds is 3. The van der Waals surface area contributed by atoms with E-state index >= 15 is 0 Å². The summed E-state index contributed by atoms with van der Waals surface area (Å²) in [4.78, 5) is 14.7. The minimum Gasteiger partial charge on any atom is -0.326 e. The normalized spacial score (nSPS) is 33.6. The average molecular weight is 236 g/mol. The van der Waals surface area contributed by atoms with E-state index in [0.717, 1.165) is 25.3 Å². The number of hydrogen-bond donors (Lipinski definition) is 1. The van der Waals surface area contributed by atoms with Crippen LogP contribution in [-0.2, 0) is 4.79 Å². The highest BCUT2D eigenvalue weighted by molar-refractivity contribution is 5.89. The van der Waals surface area contributed by atoms with Gasteiger partial charge in [0, 0.05) is 6.54 Å². The van der Waals surface area contributed by atoms with E-state index in [1.54, 1.807) is 0 Å². The molecule has 0 aromatic carbocycles. The van der Waals surface area contributed by atoms with Crippen molar-refractivity contribution in [1.82, 2.24) is 10.2 Å². The van der Waals surface area contributed by atoms with E-state index in [4.69, 9.17) is 0 Å². The summed E-state index contributed by atoms with van der Waals surface area (Å²) in [6, 6.07) is 0. The first-order chi connectivity index (χ1) is 8.12. The van der Waals surface area contributed by atoms with E-state index in [1.807, 2.05) is 0 Å². The number of carbonyl (C=O) groups excluding carboxylic acids is 1. The molecule has 2 aliphatic carbocycles. The number of hydrogen-bond acceptors (Lipinski definition) is 2. The summed E-state index contributed by atoms with van der Waals surface area (Å²) in [7, 11) is 0. The van der Waals surface area contributed by atoms with Gasteiger partial charge < -0.3 is 4.90 Å². The smallest absolute Gasteiger partial charge is 0.244 e. The van der Waals surface area contributed by atoms with Gasteiger partial charge in [-0.25, -0.2) is 0 Å². The minimum atomic E-state index is -0.178. The van der Waals surface area contributed by atoms with Gasteiger partial charge in [0.15, 0.2) is 0 Å². The topological polar surface area (TPSA) is 32.3 Å². The van der Waals surface area contributed by atoms with Crippen molar-refractivity contribution in [3.63, 3.8) is 0 Å². The number of amides is 1. The summed E-state index contributed by atoms with van der Waals surface area (Å²) in [6.45, 7) is 5.40. The molecule has 0 aromatic heterocycles. The zero-order chi connectivity index (χ0) is 12.0. The highest BCUT2D eigenvalue weighted by Gasteiger charge is 2.51. The lowest BCUT2D eigenvalue weighted by atomic mass is 9.97. The molecule has 2 saturated carbocycles. The van der Waals surface area contributed by atoms with Crippen LogP contribution in [-0.4, -0.2) is 29.1 Å². The quantitative estimate of drug-likeness (QED) is 0.814. The molecule has 2 atom stereocenters. The Morgan fingerprint density at radius 3 is 2.65 bits per heavy atom. The van der Waals surface area contributed by atoms with Crippen LogP contribution >= 0.6 is 0 Å². The van der Waals surface area contributed by atoms with Gasteiger partial charge in [0.05, 0.1) is 11.7 Å². The summed E-state index contributed by atoms with van der Waals surface area (Å²) < 4.78 is 0. The minimum absolute atomic E-state index is 0.178. The van der Waals surface area contributed by atoms with Crippen molar-refractivity contribution in [2.24, 2.45) is 11.8 Å². The SMILES string of the molecule is CC(CN1C(=O)C2(CCCC2)NC1C)C1CC1. The lowest BCUT2D eigenvalue weighted by Gasteiger charge is -2.25. The Morgan fingerprint density at radius 1 is 1.41 bits per heavy atom. The summed E-state index contributed by atoms with van der Waals surface area (Å²) in [6.07, 6.45) is 7.48. The maximum absolute atomic E-state index is 12.6. The summed E-state index contributed by atoms with van der Waals surface area (Å²) >= 11 is 0. The second-order valence-corrected chi connectivity index (χ2v) is 6.38. The predicted octanol–water partition coefficient (Wildman–Crippen LogP) is 2.12. The molecule has 1 heterocycles. The maximum atomic E-state index is 12.6. The van der Waals surface area contributed by atoms with Crippen molar-refractivity contribution in [2.45, 2.75) is 64.1 Å². The molecule has 0 radical (unpaired) electrons. The fourth-order valence-electron chi connectivity index (χ4n) is 3.69. The molecule has 2 unspecified atom stereocenters.